The van der Waals surface area contributed by atoms with E-state index in [0.29, 0.717) is 17.0 Å². The molecule has 0 radical (unpaired) electrons. The minimum Gasteiger partial charge on any atom is -0.299 e. The number of fused-ring (bicyclic) bond motifs is 1. The third-order valence-electron chi connectivity index (χ3n) is 3.76. The van der Waals surface area contributed by atoms with E-state index in [1.54, 1.807) is 6.92 Å². The summed E-state index contributed by atoms with van der Waals surface area (Å²) in [6.07, 6.45) is 2.32. The second-order valence-electron chi connectivity index (χ2n) is 4.27. The van der Waals surface area contributed by atoms with Gasteiger partial charge in [-0.3, -0.25) is 4.79 Å². The second kappa shape index (κ2) is 2.03. The van der Waals surface area contributed by atoms with Crippen molar-refractivity contribution in [1.82, 2.24) is 0 Å². The van der Waals surface area contributed by atoms with Gasteiger partial charge in [0.15, 0.2) is 0 Å². The van der Waals surface area contributed by atoms with Gasteiger partial charge in [0, 0.05) is 10.7 Å². The molecule has 0 heterocycles. The Bertz CT molecular complexity index is 214. The fraction of sp³-hybridized carbons (Fsp3) is 0.889. The molecule has 11 heavy (non-hydrogen) atoms. The molecule has 2 heteroatoms. The third-order valence-corrected chi connectivity index (χ3v) is 4.54. The van der Waals surface area contributed by atoms with E-state index in [1.165, 1.54) is 6.42 Å². The Morgan fingerprint density at radius 2 is 2.27 bits per heavy atom. The Hall–Kier alpha value is 0.0200. The molecule has 0 N–H and O–H groups in total. The number of carbonyl (C=O) groups is 1. The lowest BCUT2D eigenvalue weighted by atomic mass is 9.74. The maximum atomic E-state index is 11.3. The summed E-state index contributed by atoms with van der Waals surface area (Å²) in [5.41, 5.74) is -0.0168. The van der Waals surface area contributed by atoms with E-state index < -0.39 is 0 Å². The van der Waals surface area contributed by atoms with Gasteiger partial charge in [-0.2, -0.15) is 12.6 Å². The van der Waals surface area contributed by atoms with Crippen molar-refractivity contribution in [3.05, 3.63) is 0 Å². The van der Waals surface area contributed by atoms with Crippen LogP contribution in [0.25, 0.3) is 0 Å². The fourth-order valence-electron chi connectivity index (χ4n) is 2.68. The molecule has 3 aliphatic carbocycles. The predicted octanol–water partition coefficient (Wildman–Crippen LogP) is 1.92. The number of carbonyl (C=O) groups excluding carboxylic acids is 1. The van der Waals surface area contributed by atoms with Crippen molar-refractivity contribution in [2.45, 2.75) is 31.9 Å². The van der Waals surface area contributed by atoms with Crippen LogP contribution >= 0.6 is 12.6 Å². The number of thiol groups is 1. The standard InChI is InChI=1S/C9H14OS/c1-5(10)9(2)4-6-3-7(9)8(6)11/h6-8,11H,3-4H2,1-2H3. The Balaban J connectivity index is 2.25. The zero-order valence-electron chi connectivity index (χ0n) is 7.00. The molecule has 4 unspecified atom stereocenters. The van der Waals surface area contributed by atoms with Gasteiger partial charge in [0.2, 0.25) is 0 Å². The molecule has 3 fully saturated rings. The molecule has 3 rings (SSSR count). The van der Waals surface area contributed by atoms with Gasteiger partial charge in [0.1, 0.15) is 5.78 Å². The van der Waals surface area contributed by atoms with Crippen LogP contribution in [0.5, 0.6) is 0 Å². The van der Waals surface area contributed by atoms with Crippen LogP contribution in [0.2, 0.25) is 0 Å². The van der Waals surface area contributed by atoms with Crippen molar-refractivity contribution in [2.75, 3.05) is 0 Å². The van der Waals surface area contributed by atoms with Gasteiger partial charge in [0.05, 0.1) is 0 Å². The molecule has 2 bridgehead atoms. The van der Waals surface area contributed by atoms with E-state index in [1.807, 2.05) is 0 Å². The SMILES string of the molecule is CC(=O)C1(C)CC2CC1C2S. The molecule has 0 spiro atoms. The topological polar surface area (TPSA) is 17.1 Å². The Morgan fingerprint density at radius 3 is 2.45 bits per heavy atom. The van der Waals surface area contributed by atoms with Crippen molar-refractivity contribution >= 4 is 18.4 Å². The van der Waals surface area contributed by atoms with E-state index in [0.717, 1.165) is 12.3 Å². The van der Waals surface area contributed by atoms with E-state index >= 15 is 0 Å². The van der Waals surface area contributed by atoms with Crippen LogP contribution in [0.3, 0.4) is 0 Å². The van der Waals surface area contributed by atoms with Crippen LogP contribution < -0.4 is 0 Å². The number of hydrogen-bond acceptors (Lipinski definition) is 2. The van der Waals surface area contributed by atoms with E-state index in [-0.39, 0.29) is 5.41 Å². The Labute approximate surface area is 73.0 Å². The van der Waals surface area contributed by atoms with Crippen molar-refractivity contribution in [3.8, 4) is 0 Å². The van der Waals surface area contributed by atoms with Gasteiger partial charge in [-0.05, 0) is 31.6 Å². The Kier molecular flexibility index (Phi) is 1.42. The molecule has 3 saturated carbocycles. The van der Waals surface area contributed by atoms with E-state index in [9.17, 15) is 4.79 Å². The lowest BCUT2D eigenvalue weighted by Crippen LogP contribution is -2.36. The van der Waals surface area contributed by atoms with Crippen molar-refractivity contribution in [3.63, 3.8) is 0 Å². The minimum atomic E-state index is -0.0168. The first kappa shape index (κ1) is 7.66. The minimum absolute atomic E-state index is 0.0168. The summed E-state index contributed by atoms with van der Waals surface area (Å²) in [5, 5.41) is 0.517. The van der Waals surface area contributed by atoms with Gasteiger partial charge >= 0.3 is 0 Å². The predicted molar refractivity (Wildman–Crippen MR) is 47.8 cm³/mol. The van der Waals surface area contributed by atoms with Gasteiger partial charge < -0.3 is 0 Å². The summed E-state index contributed by atoms with van der Waals surface area (Å²) < 4.78 is 0. The summed E-state index contributed by atoms with van der Waals surface area (Å²) >= 11 is 4.49. The van der Waals surface area contributed by atoms with Crippen LogP contribution in [0.4, 0.5) is 0 Å². The van der Waals surface area contributed by atoms with Crippen molar-refractivity contribution in [2.24, 2.45) is 17.3 Å². The number of Topliss-reactive ketones (excluding diaryl/α,β-unsaturated/α-hetero) is 1. The molecule has 4 atom stereocenters. The highest BCUT2D eigenvalue weighted by Crippen LogP contribution is 2.62. The number of hydrogen-bond donors (Lipinski definition) is 1. The highest BCUT2D eigenvalue weighted by molar-refractivity contribution is 7.81. The Morgan fingerprint density at radius 1 is 1.64 bits per heavy atom. The zero-order chi connectivity index (χ0) is 8.22. The largest absolute Gasteiger partial charge is 0.299 e. The first-order valence-corrected chi connectivity index (χ1v) is 4.76. The smallest absolute Gasteiger partial charge is 0.136 e. The normalized spacial score (nSPS) is 53.9. The molecule has 0 amide bonds. The molecule has 0 aromatic rings. The maximum absolute atomic E-state index is 11.3. The molecule has 0 aromatic carbocycles. The summed E-state index contributed by atoms with van der Waals surface area (Å²) in [6.45, 7) is 3.83. The molecule has 62 valence electrons. The molecule has 1 nitrogen and oxygen atoms in total. The van der Waals surface area contributed by atoms with Gasteiger partial charge in [-0.1, -0.05) is 6.92 Å². The summed E-state index contributed by atoms with van der Waals surface area (Å²) in [7, 11) is 0. The molecule has 0 saturated heterocycles. The summed E-state index contributed by atoms with van der Waals surface area (Å²) in [4.78, 5) is 11.3. The monoisotopic (exact) mass is 170 g/mol. The second-order valence-corrected chi connectivity index (χ2v) is 4.87. The van der Waals surface area contributed by atoms with Crippen LogP contribution in [-0.2, 0) is 4.79 Å². The summed E-state index contributed by atoms with van der Waals surface area (Å²) in [5.74, 6) is 1.67. The number of rotatable bonds is 1. The van der Waals surface area contributed by atoms with Crippen LogP contribution in [0, 0.1) is 17.3 Å². The molecular weight excluding hydrogens is 156 g/mol. The molecule has 0 aliphatic heterocycles. The highest BCUT2D eigenvalue weighted by atomic mass is 32.1. The van der Waals surface area contributed by atoms with Gasteiger partial charge in [-0.15, -0.1) is 0 Å². The van der Waals surface area contributed by atoms with Crippen LogP contribution in [0.1, 0.15) is 26.7 Å². The first-order valence-electron chi connectivity index (χ1n) is 4.25. The highest BCUT2D eigenvalue weighted by Gasteiger charge is 2.59. The fourth-order valence-corrected chi connectivity index (χ4v) is 3.36. The third kappa shape index (κ3) is 0.765. The number of ketones is 1. The van der Waals surface area contributed by atoms with Gasteiger partial charge in [0.25, 0.3) is 0 Å². The van der Waals surface area contributed by atoms with E-state index in [2.05, 4.69) is 19.6 Å². The quantitative estimate of drug-likeness (QED) is 0.595. The van der Waals surface area contributed by atoms with Gasteiger partial charge in [-0.25, -0.2) is 0 Å². The maximum Gasteiger partial charge on any atom is 0.136 e. The lowest BCUT2D eigenvalue weighted by Gasteiger charge is -2.35. The zero-order valence-corrected chi connectivity index (χ0v) is 7.90. The average Bonchev–Trinajstić information content (AvgIpc) is 2.39. The molecule has 3 aliphatic rings. The van der Waals surface area contributed by atoms with Crippen molar-refractivity contribution < 1.29 is 4.79 Å². The molecule has 0 aromatic heterocycles. The molecular formula is C9H14OS. The first-order chi connectivity index (χ1) is 5.05. The average molecular weight is 170 g/mol. The summed E-state index contributed by atoms with van der Waals surface area (Å²) in [6, 6.07) is 0. The van der Waals surface area contributed by atoms with Crippen LogP contribution in [0.15, 0.2) is 0 Å². The van der Waals surface area contributed by atoms with Crippen molar-refractivity contribution in [1.29, 1.82) is 0 Å². The van der Waals surface area contributed by atoms with E-state index in [4.69, 9.17) is 0 Å². The lowest BCUT2D eigenvalue weighted by molar-refractivity contribution is -0.126. The van der Waals surface area contributed by atoms with Crippen LogP contribution in [-0.4, -0.2) is 11.0 Å².